The number of ether oxygens (including phenoxy) is 2. The number of nitrogens with zero attached hydrogens (tertiary/aromatic N) is 2. The van der Waals surface area contributed by atoms with Crippen LogP contribution in [0.5, 0.6) is 11.5 Å². The largest absolute Gasteiger partial charge is 0.494 e. The van der Waals surface area contributed by atoms with Crippen molar-refractivity contribution in [3.8, 4) is 11.5 Å². The molecule has 0 unspecified atom stereocenters. The van der Waals surface area contributed by atoms with Crippen molar-refractivity contribution in [3.63, 3.8) is 0 Å². The summed E-state index contributed by atoms with van der Waals surface area (Å²) >= 11 is 1.30. The van der Waals surface area contributed by atoms with E-state index in [2.05, 4.69) is 15.3 Å². The molecule has 0 aliphatic heterocycles. The standard InChI is InChI=1S/C16H19N3O3S/c1-2-21-13-4-6-14(7-5-13)22-11-10-17-15(20)12-23-16-18-8-3-9-19-16/h3-9H,2,10-12H2,1H3,(H,17,20). The molecule has 1 aromatic heterocycles. The smallest absolute Gasteiger partial charge is 0.230 e. The van der Waals surface area contributed by atoms with Gasteiger partial charge in [-0.05, 0) is 37.3 Å². The number of benzene rings is 1. The maximum absolute atomic E-state index is 11.7. The molecule has 1 aromatic carbocycles. The number of carbonyl (C=O) groups is 1. The zero-order valence-electron chi connectivity index (χ0n) is 12.9. The molecule has 0 spiro atoms. The molecule has 122 valence electrons. The number of aromatic nitrogens is 2. The van der Waals surface area contributed by atoms with Crippen LogP contribution in [-0.4, -0.2) is 41.4 Å². The molecule has 23 heavy (non-hydrogen) atoms. The van der Waals surface area contributed by atoms with Gasteiger partial charge in [0.15, 0.2) is 5.16 Å². The molecule has 0 aliphatic rings. The zero-order valence-corrected chi connectivity index (χ0v) is 13.7. The zero-order chi connectivity index (χ0) is 16.3. The molecule has 0 radical (unpaired) electrons. The minimum Gasteiger partial charge on any atom is -0.494 e. The van der Waals surface area contributed by atoms with Crippen LogP contribution in [0, 0.1) is 0 Å². The highest BCUT2D eigenvalue weighted by Crippen LogP contribution is 2.17. The molecule has 1 heterocycles. The molecule has 2 rings (SSSR count). The molecular formula is C16H19N3O3S. The van der Waals surface area contributed by atoms with E-state index >= 15 is 0 Å². The quantitative estimate of drug-likeness (QED) is 0.431. The summed E-state index contributed by atoms with van der Waals surface area (Å²) in [7, 11) is 0. The molecular weight excluding hydrogens is 314 g/mol. The van der Waals surface area contributed by atoms with E-state index in [0.29, 0.717) is 24.9 Å². The van der Waals surface area contributed by atoms with Gasteiger partial charge in [-0.2, -0.15) is 0 Å². The van der Waals surface area contributed by atoms with E-state index in [0.717, 1.165) is 11.5 Å². The van der Waals surface area contributed by atoms with Gasteiger partial charge in [0.05, 0.1) is 18.9 Å². The van der Waals surface area contributed by atoms with Crippen LogP contribution in [0.25, 0.3) is 0 Å². The van der Waals surface area contributed by atoms with Gasteiger partial charge in [0, 0.05) is 12.4 Å². The van der Waals surface area contributed by atoms with Crippen LogP contribution in [0.3, 0.4) is 0 Å². The summed E-state index contributed by atoms with van der Waals surface area (Å²) < 4.78 is 10.9. The second kappa shape index (κ2) is 9.68. The van der Waals surface area contributed by atoms with Gasteiger partial charge in [0.1, 0.15) is 18.1 Å². The summed E-state index contributed by atoms with van der Waals surface area (Å²) in [5.74, 6) is 1.77. The molecule has 2 aromatic rings. The Hall–Kier alpha value is -2.28. The second-order valence-electron chi connectivity index (χ2n) is 4.42. The highest BCUT2D eigenvalue weighted by molar-refractivity contribution is 7.99. The Morgan fingerprint density at radius 2 is 1.78 bits per heavy atom. The van der Waals surface area contributed by atoms with E-state index in [1.54, 1.807) is 18.5 Å². The molecule has 0 saturated carbocycles. The molecule has 0 aliphatic carbocycles. The predicted molar refractivity (Wildman–Crippen MR) is 88.9 cm³/mol. The van der Waals surface area contributed by atoms with Crippen LogP contribution in [0.2, 0.25) is 0 Å². The second-order valence-corrected chi connectivity index (χ2v) is 5.37. The highest BCUT2D eigenvalue weighted by Gasteiger charge is 2.04. The fraction of sp³-hybridized carbons (Fsp3) is 0.312. The molecule has 7 heteroatoms. The SMILES string of the molecule is CCOc1ccc(OCCNC(=O)CSc2ncccn2)cc1. The molecule has 0 saturated heterocycles. The van der Waals surface area contributed by atoms with Crippen molar-refractivity contribution in [2.24, 2.45) is 0 Å². The monoisotopic (exact) mass is 333 g/mol. The molecule has 6 nitrogen and oxygen atoms in total. The highest BCUT2D eigenvalue weighted by atomic mass is 32.2. The lowest BCUT2D eigenvalue weighted by molar-refractivity contribution is -0.118. The third kappa shape index (κ3) is 6.56. The summed E-state index contributed by atoms with van der Waals surface area (Å²) in [4.78, 5) is 19.8. The normalized spacial score (nSPS) is 10.1. The first kappa shape index (κ1) is 17.1. The Balaban J connectivity index is 1.60. The number of amides is 1. The van der Waals surface area contributed by atoms with Crippen LogP contribution in [0.4, 0.5) is 0 Å². The van der Waals surface area contributed by atoms with Crippen LogP contribution in [-0.2, 0) is 4.79 Å². The van der Waals surface area contributed by atoms with Crippen molar-refractivity contribution < 1.29 is 14.3 Å². The Kier molecular flexibility index (Phi) is 7.19. The Morgan fingerprint density at radius 1 is 1.13 bits per heavy atom. The van der Waals surface area contributed by atoms with Gasteiger partial charge in [-0.25, -0.2) is 9.97 Å². The van der Waals surface area contributed by atoms with Gasteiger partial charge in [-0.15, -0.1) is 0 Å². The molecule has 1 N–H and O–H groups in total. The lowest BCUT2D eigenvalue weighted by atomic mass is 10.3. The van der Waals surface area contributed by atoms with Gasteiger partial charge < -0.3 is 14.8 Å². The van der Waals surface area contributed by atoms with E-state index in [1.807, 2.05) is 31.2 Å². The molecule has 0 fully saturated rings. The van der Waals surface area contributed by atoms with E-state index in [4.69, 9.17) is 9.47 Å². The average Bonchev–Trinajstić information content (AvgIpc) is 2.59. The lowest BCUT2D eigenvalue weighted by Crippen LogP contribution is -2.29. The van der Waals surface area contributed by atoms with Gasteiger partial charge in [0.25, 0.3) is 0 Å². The number of nitrogens with one attached hydrogen (secondary N) is 1. The van der Waals surface area contributed by atoms with Crippen LogP contribution < -0.4 is 14.8 Å². The Morgan fingerprint density at radius 3 is 2.43 bits per heavy atom. The summed E-state index contributed by atoms with van der Waals surface area (Å²) in [5.41, 5.74) is 0. The van der Waals surface area contributed by atoms with Crippen LogP contribution >= 0.6 is 11.8 Å². The van der Waals surface area contributed by atoms with Crippen molar-refractivity contribution >= 4 is 17.7 Å². The topological polar surface area (TPSA) is 73.3 Å². The summed E-state index contributed by atoms with van der Waals surface area (Å²) in [5, 5.41) is 3.38. The molecule has 0 bridgehead atoms. The molecule has 1 amide bonds. The number of carbonyl (C=O) groups excluding carboxylic acids is 1. The van der Waals surface area contributed by atoms with Gasteiger partial charge in [-0.3, -0.25) is 4.79 Å². The summed E-state index contributed by atoms with van der Waals surface area (Å²) in [6.07, 6.45) is 3.30. The number of thioether (sulfide) groups is 1. The summed E-state index contributed by atoms with van der Waals surface area (Å²) in [6.45, 7) is 3.43. The fourth-order valence-electron chi connectivity index (χ4n) is 1.70. The first-order chi connectivity index (χ1) is 11.3. The van der Waals surface area contributed by atoms with E-state index < -0.39 is 0 Å². The summed E-state index contributed by atoms with van der Waals surface area (Å²) in [6, 6.07) is 9.13. The predicted octanol–water partition coefficient (Wildman–Crippen LogP) is 2.16. The van der Waals surface area contributed by atoms with E-state index in [-0.39, 0.29) is 11.7 Å². The van der Waals surface area contributed by atoms with Crippen LogP contribution in [0.1, 0.15) is 6.92 Å². The van der Waals surface area contributed by atoms with Crippen molar-refractivity contribution in [1.82, 2.24) is 15.3 Å². The van der Waals surface area contributed by atoms with Crippen LogP contribution in [0.15, 0.2) is 47.9 Å². The number of rotatable bonds is 9. The maximum Gasteiger partial charge on any atom is 0.230 e. The van der Waals surface area contributed by atoms with Crippen molar-refractivity contribution in [2.75, 3.05) is 25.5 Å². The maximum atomic E-state index is 11.7. The van der Waals surface area contributed by atoms with Crippen molar-refractivity contribution in [2.45, 2.75) is 12.1 Å². The first-order valence-corrected chi connectivity index (χ1v) is 8.28. The van der Waals surface area contributed by atoms with Gasteiger partial charge in [-0.1, -0.05) is 11.8 Å². The fourth-order valence-corrected chi connectivity index (χ4v) is 2.33. The van der Waals surface area contributed by atoms with Gasteiger partial charge in [0.2, 0.25) is 5.91 Å². The molecule has 0 atom stereocenters. The number of hydrogen-bond acceptors (Lipinski definition) is 6. The first-order valence-electron chi connectivity index (χ1n) is 7.30. The van der Waals surface area contributed by atoms with E-state index in [1.165, 1.54) is 11.8 Å². The minimum absolute atomic E-state index is 0.0715. The third-order valence-electron chi connectivity index (χ3n) is 2.70. The van der Waals surface area contributed by atoms with E-state index in [9.17, 15) is 4.79 Å². The third-order valence-corrected chi connectivity index (χ3v) is 3.58. The minimum atomic E-state index is -0.0715. The number of hydrogen-bond donors (Lipinski definition) is 1. The van der Waals surface area contributed by atoms with Crippen molar-refractivity contribution in [3.05, 3.63) is 42.7 Å². The lowest BCUT2D eigenvalue weighted by Gasteiger charge is -2.08. The Bertz CT molecular complexity index is 593. The Labute approximate surface area is 139 Å². The van der Waals surface area contributed by atoms with Gasteiger partial charge >= 0.3 is 0 Å². The average molecular weight is 333 g/mol. The van der Waals surface area contributed by atoms with Crippen molar-refractivity contribution in [1.29, 1.82) is 0 Å².